The van der Waals surface area contributed by atoms with Crippen molar-refractivity contribution in [3.05, 3.63) is 34.9 Å². The third-order valence-electron chi connectivity index (χ3n) is 5.62. The maximum absolute atomic E-state index is 12.2. The Labute approximate surface area is 180 Å². The van der Waals surface area contributed by atoms with Crippen molar-refractivity contribution in [2.45, 2.75) is 96.8 Å². The predicted molar refractivity (Wildman–Crippen MR) is 117 cm³/mol. The number of carbonyl (C=O) groups is 3. The van der Waals surface area contributed by atoms with Gasteiger partial charge in [0.1, 0.15) is 0 Å². The number of hydrogen-bond donors (Lipinski definition) is 0. The molecule has 1 aliphatic rings. The molecule has 5 heteroatoms. The van der Waals surface area contributed by atoms with Crippen LogP contribution in [0.15, 0.2) is 18.2 Å². The Morgan fingerprint density at radius 3 is 1.87 bits per heavy atom. The molecule has 0 saturated carbocycles. The van der Waals surface area contributed by atoms with Crippen molar-refractivity contribution in [2.24, 2.45) is 0 Å². The first-order valence-corrected chi connectivity index (χ1v) is 11.7. The minimum Gasteiger partial charge on any atom is -0.462 e. The van der Waals surface area contributed by atoms with Crippen LogP contribution in [-0.2, 0) is 9.47 Å². The lowest BCUT2D eigenvalue weighted by atomic mass is 10.0. The van der Waals surface area contributed by atoms with E-state index >= 15 is 0 Å². The molecule has 0 radical (unpaired) electrons. The van der Waals surface area contributed by atoms with Crippen LogP contribution in [0.4, 0.5) is 0 Å². The van der Waals surface area contributed by atoms with Gasteiger partial charge in [0, 0.05) is 0 Å². The average molecular weight is 417 g/mol. The van der Waals surface area contributed by atoms with E-state index < -0.39 is 17.9 Å². The van der Waals surface area contributed by atoms with Crippen molar-refractivity contribution >= 4 is 17.9 Å². The van der Waals surface area contributed by atoms with Gasteiger partial charge in [-0.2, -0.15) is 0 Å². The molecular formula is C25H36O5. The zero-order valence-electron chi connectivity index (χ0n) is 18.4. The van der Waals surface area contributed by atoms with Gasteiger partial charge in [-0.25, -0.2) is 14.4 Å². The Hall–Kier alpha value is -2.17. The monoisotopic (exact) mass is 416 g/mol. The van der Waals surface area contributed by atoms with Gasteiger partial charge in [-0.3, -0.25) is 0 Å². The molecule has 0 amide bonds. The summed E-state index contributed by atoms with van der Waals surface area (Å²) in [5.41, 5.74) is 0.258. The number of carbonyl (C=O) groups excluding carboxylic acids is 3. The Morgan fingerprint density at radius 2 is 1.30 bits per heavy atom. The number of hydrogen-bond acceptors (Lipinski definition) is 5. The van der Waals surface area contributed by atoms with Crippen molar-refractivity contribution in [1.29, 1.82) is 0 Å². The van der Waals surface area contributed by atoms with Gasteiger partial charge in [0.05, 0.1) is 23.3 Å². The third kappa shape index (κ3) is 7.92. The summed E-state index contributed by atoms with van der Waals surface area (Å²) in [4.78, 5) is 35.6. The maximum Gasteiger partial charge on any atom is 0.347 e. The molecule has 0 N–H and O–H groups in total. The fourth-order valence-corrected chi connectivity index (χ4v) is 3.84. The number of fused-ring (bicyclic) bond motifs is 1. The van der Waals surface area contributed by atoms with Crippen molar-refractivity contribution in [3.8, 4) is 0 Å². The smallest absolute Gasteiger partial charge is 0.347 e. The van der Waals surface area contributed by atoms with E-state index in [0.29, 0.717) is 6.61 Å². The summed E-state index contributed by atoms with van der Waals surface area (Å²) in [5.74, 6) is -2.07. The molecule has 1 aliphatic heterocycles. The quantitative estimate of drug-likeness (QED) is 0.172. The predicted octanol–water partition coefficient (Wildman–Crippen LogP) is 6.64. The van der Waals surface area contributed by atoms with Crippen molar-refractivity contribution in [3.63, 3.8) is 0 Å². The molecule has 5 nitrogen and oxygen atoms in total. The average Bonchev–Trinajstić information content (AvgIpc) is 3.04. The molecule has 1 aromatic rings. The highest BCUT2D eigenvalue weighted by Crippen LogP contribution is 2.24. The van der Waals surface area contributed by atoms with Crippen molar-refractivity contribution < 1.29 is 23.9 Å². The van der Waals surface area contributed by atoms with E-state index in [1.165, 1.54) is 82.8 Å². The van der Waals surface area contributed by atoms with Crippen LogP contribution in [0.1, 0.15) is 128 Å². The normalized spacial score (nSPS) is 12.7. The summed E-state index contributed by atoms with van der Waals surface area (Å²) in [6.45, 7) is 2.58. The Bertz CT molecular complexity index is 695. The summed E-state index contributed by atoms with van der Waals surface area (Å²) < 4.78 is 9.85. The second-order valence-corrected chi connectivity index (χ2v) is 8.14. The molecule has 0 bridgehead atoms. The zero-order valence-corrected chi connectivity index (χ0v) is 18.4. The number of rotatable bonds is 16. The van der Waals surface area contributed by atoms with Crippen LogP contribution >= 0.6 is 0 Å². The van der Waals surface area contributed by atoms with Crippen LogP contribution in [0, 0.1) is 0 Å². The molecule has 0 aliphatic carbocycles. The van der Waals surface area contributed by atoms with Gasteiger partial charge in [0.25, 0.3) is 0 Å². The van der Waals surface area contributed by atoms with E-state index in [4.69, 9.17) is 4.74 Å². The third-order valence-corrected chi connectivity index (χ3v) is 5.62. The number of cyclic esters (lactones) is 2. The largest absolute Gasteiger partial charge is 0.462 e. The highest BCUT2D eigenvalue weighted by atomic mass is 16.6. The summed E-state index contributed by atoms with van der Waals surface area (Å²) in [7, 11) is 0. The molecule has 0 fully saturated rings. The Morgan fingerprint density at radius 1 is 0.767 bits per heavy atom. The highest BCUT2D eigenvalue weighted by molar-refractivity contribution is 6.18. The molecule has 1 aromatic carbocycles. The van der Waals surface area contributed by atoms with Gasteiger partial charge < -0.3 is 9.47 Å². The first kappa shape index (κ1) is 24.1. The lowest BCUT2D eigenvalue weighted by Crippen LogP contribution is -2.11. The van der Waals surface area contributed by atoms with Gasteiger partial charge in [-0.15, -0.1) is 0 Å². The molecule has 166 valence electrons. The fraction of sp³-hybridized carbons (Fsp3) is 0.640. The Kier molecular flexibility index (Phi) is 11.2. The van der Waals surface area contributed by atoms with Gasteiger partial charge in [-0.1, -0.05) is 96.5 Å². The van der Waals surface area contributed by atoms with Gasteiger partial charge in [0.15, 0.2) is 0 Å². The van der Waals surface area contributed by atoms with Crippen LogP contribution < -0.4 is 0 Å². The molecule has 0 unspecified atom stereocenters. The van der Waals surface area contributed by atoms with Crippen LogP contribution in [-0.4, -0.2) is 24.5 Å². The van der Waals surface area contributed by atoms with Gasteiger partial charge in [0.2, 0.25) is 0 Å². The molecule has 0 saturated heterocycles. The minimum atomic E-state index is -0.779. The van der Waals surface area contributed by atoms with Crippen LogP contribution in [0.3, 0.4) is 0 Å². The van der Waals surface area contributed by atoms with E-state index in [1.54, 1.807) is 6.07 Å². The summed E-state index contributed by atoms with van der Waals surface area (Å²) in [6.07, 6.45) is 17.8. The summed E-state index contributed by atoms with van der Waals surface area (Å²) in [5, 5.41) is 0. The lowest BCUT2D eigenvalue weighted by Gasteiger charge is -2.07. The Balaban J connectivity index is 1.47. The topological polar surface area (TPSA) is 69.7 Å². The second kappa shape index (κ2) is 13.9. The van der Waals surface area contributed by atoms with E-state index in [9.17, 15) is 14.4 Å². The van der Waals surface area contributed by atoms with E-state index in [2.05, 4.69) is 11.7 Å². The number of esters is 3. The molecule has 30 heavy (non-hydrogen) atoms. The van der Waals surface area contributed by atoms with Crippen LogP contribution in [0.5, 0.6) is 0 Å². The van der Waals surface area contributed by atoms with E-state index in [0.717, 1.165) is 19.3 Å². The SMILES string of the molecule is CCCCCCCCCCCCCCCCOC(=O)c1cccc2c1C(=O)OC2=O. The standard InChI is InChI=1S/C25H36O5/c1-2-3-4-5-6-7-8-9-10-11-12-13-14-15-19-29-23(26)20-17-16-18-21-22(20)25(28)30-24(21)27/h16-18H,2-15,19H2,1H3. The fourth-order valence-electron chi connectivity index (χ4n) is 3.84. The molecular weight excluding hydrogens is 380 g/mol. The molecule has 2 rings (SSSR count). The number of benzene rings is 1. The van der Waals surface area contributed by atoms with Crippen LogP contribution in [0.2, 0.25) is 0 Å². The minimum absolute atomic E-state index is 0.0217. The van der Waals surface area contributed by atoms with Crippen molar-refractivity contribution in [2.75, 3.05) is 6.61 Å². The maximum atomic E-state index is 12.2. The molecule has 0 aromatic heterocycles. The number of ether oxygens (including phenoxy) is 2. The van der Waals surface area contributed by atoms with Crippen LogP contribution in [0.25, 0.3) is 0 Å². The van der Waals surface area contributed by atoms with E-state index in [-0.39, 0.29) is 16.7 Å². The lowest BCUT2D eigenvalue weighted by molar-refractivity contribution is 0.0427. The van der Waals surface area contributed by atoms with Gasteiger partial charge in [-0.05, 0) is 18.6 Å². The molecule has 1 heterocycles. The van der Waals surface area contributed by atoms with Crippen molar-refractivity contribution in [1.82, 2.24) is 0 Å². The zero-order chi connectivity index (χ0) is 21.6. The second-order valence-electron chi connectivity index (χ2n) is 8.14. The number of unbranched alkanes of at least 4 members (excludes halogenated alkanes) is 13. The first-order valence-electron chi connectivity index (χ1n) is 11.7. The first-order chi connectivity index (χ1) is 14.6. The highest BCUT2D eigenvalue weighted by Gasteiger charge is 2.34. The summed E-state index contributed by atoms with van der Waals surface area (Å²) in [6, 6.07) is 4.53. The van der Waals surface area contributed by atoms with Gasteiger partial charge >= 0.3 is 17.9 Å². The van der Waals surface area contributed by atoms with E-state index in [1.807, 2.05) is 0 Å². The molecule has 0 spiro atoms. The summed E-state index contributed by atoms with van der Waals surface area (Å²) >= 11 is 0. The molecule has 0 atom stereocenters.